The summed E-state index contributed by atoms with van der Waals surface area (Å²) in [4.78, 5) is 28.7. The average Bonchev–Trinajstić information content (AvgIpc) is 2.87. The minimum Gasteiger partial charge on any atom is -0.497 e. The zero-order valence-corrected chi connectivity index (χ0v) is 19.5. The fourth-order valence-electron chi connectivity index (χ4n) is 3.41. The average molecular weight is 463 g/mol. The number of nitrogens with one attached hydrogen (secondary N) is 1. The smallest absolute Gasteiger partial charge is 0.306 e. The van der Waals surface area contributed by atoms with Gasteiger partial charge in [0.05, 0.1) is 18.0 Å². The van der Waals surface area contributed by atoms with Crippen molar-refractivity contribution >= 4 is 40.9 Å². The third-order valence-electron chi connectivity index (χ3n) is 4.99. The molecule has 2 aromatic rings. The molecule has 0 fully saturated rings. The van der Waals surface area contributed by atoms with E-state index in [2.05, 4.69) is 5.32 Å². The predicted molar refractivity (Wildman–Crippen MR) is 124 cm³/mol. The Labute approximate surface area is 192 Å². The number of fused-ring (bicyclic) bond motifs is 1. The van der Waals surface area contributed by atoms with Crippen LogP contribution in [-0.4, -0.2) is 45.2 Å². The Kier molecular flexibility index (Phi) is 8.23. The van der Waals surface area contributed by atoms with E-state index >= 15 is 0 Å². The van der Waals surface area contributed by atoms with E-state index in [1.807, 2.05) is 50.4 Å². The fourth-order valence-corrected chi connectivity index (χ4v) is 5.01. The molecule has 0 aromatic heterocycles. The maximum atomic E-state index is 13.7. The van der Waals surface area contributed by atoms with E-state index in [1.54, 1.807) is 18.1 Å². The summed E-state index contributed by atoms with van der Waals surface area (Å²) < 4.78 is 11.1. The second-order valence-corrected chi connectivity index (χ2v) is 8.80. The molecule has 31 heavy (non-hydrogen) atoms. The molecule has 1 amide bonds. The minimum atomic E-state index is -0.958. The number of carbonyl (C=O) groups is 2. The van der Waals surface area contributed by atoms with Gasteiger partial charge in [-0.1, -0.05) is 30.7 Å². The highest BCUT2D eigenvalue weighted by atomic mass is 35.5. The van der Waals surface area contributed by atoms with Crippen molar-refractivity contribution in [2.24, 2.45) is 0 Å². The molecule has 0 spiro atoms. The van der Waals surface area contributed by atoms with Crippen LogP contribution in [0.5, 0.6) is 5.75 Å². The number of hydrogen-bond donors (Lipinski definition) is 1. The van der Waals surface area contributed by atoms with Crippen LogP contribution in [0.3, 0.4) is 0 Å². The number of hydrogen-bond acceptors (Lipinski definition) is 6. The molecule has 1 heterocycles. The first-order valence-electron chi connectivity index (χ1n) is 10.2. The lowest BCUT2D eigenvalue weighted by atomic mass is 10.1. The summed E-state index contributed by atoms with van der Waals surface area (Å²) in [5.74, 6) is 0.0962. The number of anilines is 1. The summed E-state index contributed by atoms with van der Waals surface area (Å²) in [6.07, 6.45) is -0.0428. The molecule has 1 aliphatic rings. The highest BCUT2D eigenvalue weighted by Gasteiger charge is 2.41. The van der Waals surface area contributed by atoms with Crippen molar-refractivity contribution in [1.29, 1.82) is 0 Å². The lowest BCUT2D eigenvalue weighted by Gasteiger charge is -2.28. The van der Waals surface area contributed by atoms with Crippen LogP contribution in [0.4, 0.5) is 5.69 Å². The Morgan fingerprint density at radius 1 is 1.23 bits per heavy atom. The van der Waals surface area contributed by atoms with Gasteiger partial charge in [0.25, 0.3) is 5.91 Å². The third-order valence-corrected chi connectivity index (χ3v) is 6.58. The minimum absolute atomic E-state index is 0.242. The van der Waals surface area contributed by atoms with Gasteiger partial charge in [0.1, 0.15) is 5.75 Å². The molecule has 2 aromatic carbocycles. The van der Waals surface area contributed by atoms with Gasteiger partial charge in [0, 0.05) is 29.4 Å². The van der Waals surface area contributed by atoms with Gasteiger partial charge in [-0.15, -0.1) is 11.8 Å². The quantitative estimate of drug-likeness (QED) is 0.584. The summed E-state index contributed by atoms with van der Waals surface area (Å²) in [6, 6.07) is 13.0. The maximum Gasteiger partial charge on any atom is 0.306 e. The first-order valence-corrected chi connectivity index (χ1v) is 11.5. The highest BCUT2D eigenvalue weighted by Crippen LogP contribution is 2.47. The first kappa shape index (κ1) is 23.4. The Bertz CT molecular complexity index is 922. The zero-order valence-electron chi connectivity index (χ0n) is 17.9. The van der Waals surface area contributed by atoms with Crippen molar-refractivity contribution in [3.63, 3.8) is 0 Å². The molecule has 3 rings (SSSR count). The van der Waals surface area contributed by atoms with Crippen molar-refractivity contribution < 1.29 is 19.1 Å². The van der Waals surface area contributed by atoms with E-state index in [9.17, 15) is 9.59 Å². The van der Waals surface area contributed by atoms with E-state index in [4.69, 9.17) is 21.1 Å². The number of halogens is 1. The second kappa shape index (κ2) is 10.9. The molecule has 0 saturated heterocycles. The van der Waals surface area contributed by atoms with Crippen molar-refractivity contribution in [1.82, 2.24) is 5.32 Å². The molecule has 8 heteroatoms. The zero-order chi connectivity index (χ0) is 22.4. The van der Waals surface area contributed by atoms with Crippen molar-refractivity contribution in [2.75, 3.05) is 32.1 Å². The topological polar surface area (TPSA) is 67.9 Å². The Morgan fingerprint density at radius 2 is 1.97 bits per heavy atom. The molecule has 0 saturated carbocycles. The van der Waals surface area contributed by atoms with Crippen molar-refractivity contribution in [3.8, 4) is 5.75 Å². The number of esters is 1. The van der Waals surface area contributed by atoms with E-state index in [0.29, 0.717) is 30.3 Å². The predicted octanol–water partition coefficient (Wildman–Crippen LogP) is 4.46. The van der Waals surface area contributed by atoms with E-state index in [-0.39, 0.29) is 18.3 Å². The van der Waals surface area contributed by atoms with Crippen LogP contribution in [-0.2, 0) is 14.3 Å². The number of methoxy groups -OCH3 is 1. The van der Waals surface area contributed by atoms with Crippen LogP contribution in [0.15, 0.2) is 47.4 Å². The van der Waals surface area contributed by atoms with Gasteiger partial charge in [0.15, 0.2) is 6.10 Å². The van der Waals surface area contributed by atoms with Crippen LogP contribution in [0.25, 0.3) is 0 Å². The second-order valence-electron chi connectivity index (χ2n) is 7.18. The van der Waals surface area contributed by atoms with Crippen LogP contribution >= 0.6 is 23.4 Å². The van der Waals surface area contributed by atoms with Gasteiger partial charge in [-0.2, -0.15) is 0 Å². The molecular weight excluding hydrogens is 436 g/mol. The standard InChI is InChI=1S/C23H27ClN2O4S/c1-4-5-20(27)30-21-22(15-6-9-17(29-3)10-7-15)31-19-14-16(24)8-11-18(19)26(23(21)28)13-12-25-2/h6-11,14,21-22,25H,4-5,12-13H2,1-3H3/t21-,22+/m0/s1. The molecule has 0 aliphatic carbocycles. The molecule has 1 aliphatic heterocycles. The van der Waals surface area contributed by atoms with Crippen LogP contribution in [0.2, 0.25) is 5.02 Å². The molecule has 0 bridgehead atoms. The lowest BCUT2D eigenvalue weighted by molar-refractivity contribution is -0.155. The van der Waals surface area contributed by atoms with Crippen LogP contribution in [0.1, 0.15) is 30.6 Å². The lowest BCUT2D eigenvalue weighted by Crippen LogP contribution is -2.45. The van der Waals surface area contributed by atoms with Gasteiger partial charge >= 0.3 is 5.97 Å². The molecule has 1 N–H and O–H groups in total. The summed E-state index contributed by atoms with van der Waals surface area (Å²) in [7, 11) is 3.44. The van der Waals surface area contributed by atoms with Gasteiger partial charge in [-0.3, -0.25) is 9.59 Å². The molecule has 0 radical (unpaired) electrons. The third kappa shape index (κ3) is 5.53. The summed E-state index contributed by atoms with van der Waals surface area (Å²) in [5.41, 5.74) is 1.64. The number of amides is 1. The summed E-state index contributed by atoms with van der Waals surface area (Å²) in [5, 5.41) is 3.25. The van der Waals surface area contributed by atoms with Gasteiger partial charge in [-0.25, -0.2) is 0 Å². The molecular formula is C23H27ClN2O4S. The van der Waals surface area contributed by atoms with Crippen LogP contribution < -0.4 is 15.0 Å². The SMILES string of the molecule is CCCC(=O)O[C@@H]1C(=O)N(CCNC)c2ccc(Cl)cc2S[C@@H]1c1ccc(OC)cc1. The monoisotopic (exact) mass is 462 g/mol. The Hall–Kier alpha value is -2.22. The Morgan fingerprint density at radius 3 is 2.61 bits per heavy atom. The number of nitrogens with zero attached hydrogens (tertiary/aromatic N) is 1. The number of rotatable bonds is 8. The number of thioether (sulfide) groups is 1. The fraction of sp³-hybridized carbons (Fsp3) is 0.391. The maximum absolute atomic E-state index is 13.7. The number of benzene rings is 2. The number of likely N-dealkylation sites (N-methyl/N-ethyl adjacent to an activating group) is 1. The largest absolute Gasteiger partial charge is 0.497 e. The van der Waals surface area contributed by atoms with Crippen molar-refractivity contribution in [3.05, 3.63) is 53.1 Å². The molecule has 0 unspecified atom stereocenters. The Balaban J connectivity index is 2.08. The molecule has 2 atom stereocenters. The van der Waals surface area contributed by atoms with E-state index in [0.717, 1.165) is 16.1 Å². The normalized spacial score (nSPS) is 18.3. The van der Waals surface area contributed by atoms with Crippen LogP contribution in [0, 0.1) is 0 Å². The summed E-state index contributed by atoms with van der Waals surface area (Å²) >= 11 is 7.76. The van der Waals surface area contributed by atoms with E-state index < -0.39 is 11.4 Å². The van der Waals surface area contributed by atoms with E-state index in [1.165, 1.54) is 11.8 Å². The first-order chi connectivity index (χ1) is 15.0. The highest BCUT2D eigenvalue weighted by molar-refractivity contribution is 7.99. The van der Waals surface area contributed by atoms with Crippen molar-refractivity contribution in [2.45, 2.75) is 36.0 Å². The molecule has 6 nitrogen and oxygen atoms in total. The number of carbonyl (C=O) groups excluding carboxylic acids is 2. The number of ether oxygens (including phenoxy) is 2. The van der Waals surface area contributed by atoms with Gasteiger partial charge in [-0.05, 0) is 49.4 Å². The molecule has 166 valence electrons. The summed E-state index contributed by atoms with van der Waals surface area (Å²) in [6.45, 7) is 2.95. The van der Waals surface area contributed by atoms with Gasteiger partial charge in [0.2, 0.25) is 0 Å². The van der Waals surface area contributed by atoms with Gasteiger partial charge < -0.3 is 19.7 Å².